The van der Waals surface area contributed by atoms with E-state index in [1.807, 2.05) is 56.3 Å². The zero-order valence-corrected chi connectivity index (χ0v) is 17.1. The second-order valence-electron chi connectivity index (χ2n) is 7.41. The standard InChI is InChI=1S/C22H28N4O3/c1-15(24-22(28)26(3)16(2)20-6-4-5-13-23-20)17-7-11-19(12-8-17)29-14-21(27)25-18-9-10-18/h4-8,11-13,15-16,18H,9-10,14H2,1-3H3,(H,24,28)(H,25,27). The fraction of sp³-hybridized carbons (Fsp3) is 0.409. The second-order valence-corrected chi connectivity index (χ2v) is 7.41. The van der Waals surface area contributed by atoms with Crippen molar-refractivity contribution in [1.29, 1.82) is 0 Å². The summed E-state index contributed by atoms with van der Waals surface area (Å²) in [6.07, 6.45) is 3.83. The molecule has 1 aromatic carbocycles. The van der Waals surface area contributed by atoms with E-state index in [1.165, 1.54) is 0 Å². The molecule has 0 spiro atoms. The third-order valence-corrected chi connectivity index (χ3v) is 5.05. The minimum Gasteiger partial charge on any atom is -0.484 e. The number of ether oxygens (including phenoxy) is 1. The van der Waals surface area contributed by atoms with E-state index in [-0.39, 0.29) is 30.6 Å². The Labute approximate surface area is 171 Å². The normalized spacial score (nSPS) is 15.1. The molecule has 0 bridgehead atoms. The molecule has 154 valence electrons. The third kappa shape index (κ3) is 5.94. The molecule has 1 saturated carbocycles. The lowest BCUT2D eigenvalue weighted by Crippen LogP contribution is -2.40. The predicted molar refractivity (Wildman–Crippen MR) is 110 cm³/mol. The summed E-state index contributed by atoms with van der Waals surface area (Å²) in [6, 6.07) is 12.9. The van der Waals surface area contributed by atoms with Crippen molar-refractivity contribution in [1.82, 2.24) is 20.5 Å². The second kappa shape index (κ2) is 9.41. The van der Waals surface area contributed by atoms with Gasteiger partial charge in [-0.2, -0.15) is 0 Å². The summed E-state index contributed by atoms with van der Waals surface area (Å²) in [4.78, 5) is 30.2. The van der Waals surface area contributed by atoms with E-state index in [2.05, 4.69) is 15.6 Å². The van der Waals surface area contributed by atoms with Gasteiger partial charge >= 0.3 is 6.03 Å². The molecular weight excluding hydrogens is 368 g/mol. The largest absolute Gasteiger partial charge is 0.484 e. The highest BCUT2D eigenvalue weighted by Crippen LogP contribution is 2.21. The number of hydrogen-bond donors (Lipinski definition) is 2. The number of rotatable bonds is 8. The summed E-state index contributed by atoms with van der Waals surface area (Å²) in [6.45, 7) is 3.88. The van der Waals surface area contributed by atoms with Crippen LogP contribution in [0.3, 0.4) is 0 Å². The highest BCUT2D eigenvalue weighted by molar-refractivity contribution is 5.78. The molecule has 0 aliphatic heterocycles. The lowest BCUT2D eigenvalue weighted by Gasteiger charge is -2.26. The Bertz CT molecular complexity index is 822. The van der Waals surface area contributed by atoms with Crippen LogP contribution in [0.2, 0.25) is 0 Å². The fourth-order valence-electron chi connectivity index (χ4n) is 2.87. The number of carbonyl (C=O) groups is 2. The molecule has 2 unspecified atom stereocenters. The van der Waals surface area contributed by atoms with Gasteiger partial charge < -0.3 is 20.3 Å². The van der Waals surface area contributed by atoms with Gasteiger partial charge in [-0.25, -0.2) is 4.79 Å². The molecule has 1 aliphatic rings. The number of pyridine rings is 1. The summed E-state index contributed by atoms with van der Waals surface area (Å²) in [5.41, 5.74) is 1.79. The first kappa shape index (κ1) is 20.6. The summed E-state index contributed by atoms with van der Waals surface area (Å²) in [5, 5.41) is 5.89. The third-order valence-electron chi connectivity index (χ3n) is 5.05. The lowest BCUT2D eigenvalue weighted by atomic mass is 10.1. The molecule has 0 radical (unpaired) electrons. The molecule has 2 atom stereocenters. The van der Waals surface area contributed by atoms with E-state index >= 15 is 0 Å². The first-order valence-electron chi connectivity index (χ1n) is 9.90. The summed E-state index contributed by atoms with van der Waals surface area (Å²) in [5.74, 6) is 0.529. The van der Waals surface area contributed by atoms with Crippen molar-refractivity contribution in [2.24, 2.45) is 0 Å². The van der Waals surface area contributed by atoms with E-state index in [1.54, 1.807) is 18.1 Å². The highest BCUT2D eigenvalue weighted by Gasteiger charge is 2.23. The smallest absolute Gasteiger partial charge is 0.318 e. The van der Waals surface area contributed by atoms with Crippen LogP contribution in [-0.4, -0.2) is 41.5 Å². The first-order valence-corrected chi connectivity index (χ1v) is 9.90. The quantitative estimate of drug-likeness (QED) is 0.718. The molecule has 0 saturated heterocycles. The van der Waals surface area contributed by atoms with Gasteiger partial charge in [-0.15, -0.1) is 0 Å². The topological polar surface area (TPSA) is 83.6 Å². The van der Waals surface area contributed by atoms with Gasteiger partial charge in [0.25, 0.3) is 5.91 Å². The van der Waals surface area contributed by atoms with Crippen LogP contribution in [0.1, 0.15) is 50.0 Å². The minimum absolute atomic E-state index is 0.0122. The molecular formula is C22H28N4O3. The van der Waals surface area contributed by atoms with E-state index in [9.17, 15) is 9.59 Å². The van der Waals surface area contributed by atoms with Crippen LogP contribution in [0.5, 0.6) is 5.75 Å². The number of benzene rings is 1. The Morgan fingerprint density at radius 3 is 2.52 bits per heavy atom. The molecule has 1 heterocycles. The Morgan fingerprint density at radius 2 is 1.90 bits per heavy atom. The monoisotopic (exact) mass is 396 g/mol. The number of amides is 3. The van der Waals surface area contributed by atoms with Gasteiger partial charge in [0.2, 0.25) is 0 Å². The van der Waals surface area contributed by atoms with Crippen LogP contribution in [0.4, 0.5) is 4.79 Å². The predicted octanol–water partition coefficient (Wildman–Crippen LogP) is 3.20. The van der Waals surface area contributed by atoms with Crippen molar-refractivity contribution in [2.75, 3.05) is 13.7 Å². The molecule has 1 aromatic heterocycles. The minimum atomic E-state index is -0.173. The van der Waals surface area contributed by atoms with Gasteiger partial charge in [0.05, 0.1) is 17.8 Å². The number of hydrogen-bond acceptors (Lipinski definition) is 4. The van der Waals surface area contributed by atoms with Gasteiger partial charge in [0.15, 0.2) is 6.61 Å². The van der Waals surface area contributed by atoms with Gasteiger partial charge in [-0.3, -0.25) is 9.78 Å². The van der Waals surface area contributed by atoms with Gasteiger partial charge in [-0.05, 0) is 56.5 Å². The van der Waals surface area contributed by atoms with Crippen LogP contribution < -0.4 is 15.4 Å². The Morgan fingerprint density at radius 1 is 1.17 bits per heavy atom. The van der Waals surface area contributed by atoms with E-state index in [4.69, 9.17) is 4.74 Å². The summed E-state index contributed by atoms with van der Waals surface area (Å²) < 4.78 is 5.52. The molecule has 29 heavy (non-hydrogen) atoms. The van der Waals surface area contributed by atoms with Crippen LogP contribution in [0.15, 0.2) is 48.7 Å². The zero-order chi connectivity index (χ0) is 20.8. The van der Waals surface area contributed by atoms with E-state index in [0.29, 0.717) is 11.8 Å². The lowest BCUT2D eigenvalue weighted by molar-refractivity contribution is -0.123. The number of nitrogens with one attached hydrogen (secondary N) is 2. The molecule has 2 aromatic rings. The molecule has 7 heteroatoms. The van der Waals surface area contributed by atoms with Crippen molar-refractivity contribution in [3.8, 4) is 5.75 Å². The van der Waals surface area contributed by atoms with Gasteiger partial charge in [0, 0.05) is 19.3 Å². The molecule has 3 amide bonds. The van der Waals surface area contributed by atoms with Crippen LogP contribution in [-0.2, 0) is 4.79 Å². The van der Waals surface area contributed by atoms with Crippen molar-refractivity contribution in [3.63, 3.8) is 0 Å². The number of aromatic nitrogens is 1. The number of urea groups is 1. The number of carbonyl (C=O) groups excluding carboxylic acids is 2. The zero-order valence-electron chi connectivity index (χ0n) is 17.1. The SMILES string of the molecule is CC(NC(=O)N(C)C(C)c1ccccn1)c1ccc(OCC(=O)NC2CC2)cc1. The highest BCUT2D eigenvalue weighted by atomic mass is 16.5. The molecule has 2 N–H and O–H groups in total. The van der Waals surface area contributed by atoms with Crippen molar-refractivity contribution >= 4 is 11.9 Å². The van der Waals surface area contributed by atoms with Crippen molar-refractivity contribution < 1.29 is 14.3 Å². The Kier molecular flexibility index (Phi) is 6.69. The molecule has 1 aliphatic carbocycles. The maximum Gasteiger partial charge on any atom is 0.318 e. The van der Waals surface area contributed by atoms with Crippen LogP contribution in [0.25, 0.3) is 0 Å². The van der Waals surface area contributed by atoms with Crippen LogP contribution in [0, 0.1) is 0 Å². The maximum atomic E-state index is 12.6. The van der Waals surface area contributed by atoms with E-state index < -0.39 is 0 Å². The van der Waals surface area contributed by atoms with Crippen LogP contribution >= 0.6 is 0 Å². The average Bonchev–Trinajstić information content (AvgIpc) is 3.56. The summed E-state index contributed by atoms with van der Waals surface area (Å²) >= 11 is 0. The first-order chi connectivity index (χ1) is 13.9. The molecule has 1 fully saturated rings. The van der Waals surface area contributed by atoms with Gasteiger partial charge in [0.1, 0.15) is 5.75 Å². The molecule has 7 nitrogen and oxygen atoms in total. The number of nitrogens with zero attached hydrogens (tertiary/aromatic N) is 2. The average molecular weight is 396 g/mol. The summed E-state index contributed by atoms with van der Waals surface area (Å²) in [7, 11) is 1.75. The maximum absolute atomic E-state index is 12.6. The fourth-order valence-corrected chi connectivity index (χ4v) is 2.87. The van der Waals surface area contributed by atoms with Crippen molar-refractivity contribution in [3.05, 3.63) is 59.9 Å². The van der Waals surface area contributed by atoms with Gasteiger partial charge in [-0.1, -0.05) is 18.2 Å². The Hall–Kier alpha value is -3.09. The molecule has 3 rings (SSSR count). The van der Waals surface area contributed by atoms with E-state index in [0.717, 1.165) is 24.1 Å². The Balaban J connectivity index is 1.49. The van der Waals surface area contributed by atoms with Crippen molar-refractivity contribution in [2.45, 2.75) is 44.8 Å².